The summed E-state index contributed by atoms with van der Waals surface area (Å²) in [6, 6.07) is 3.28. The minimum absolute atomic E-state index is 0.444. The van der Waals surface area contributed by atoms with Crippen molar-refractivity contribution in [3.63, 3.8) is 0 Å². The van der Waals surface area contributed by atoms with E-state index in [1.165, 1.54) is 14.2 Å². The molecule has 2 N–H and O–H groups in total. The number of carboxylic acid groups (broad SMARTS) is 1. The first kappa shape index (κ1) is 11.9. The third kappa shape index (κ3) is 2.88. The number of nitrogens with one attached hydrogen (secondary N) is 1. The Hall–Kier alpha value is -1.18. The summed E-state index contributed by atoms with van der Waals surface area (Å²) < 4.78 is 10.8. The van der Waals surface area contributed by atoms with E-state index in [0.717, 1.165) is 0 Å². The number of rotatable bonds is 3. The highest BCUT2D eigenvalue weighted by molar-refractivity contribution is 14.1. The molecule has 1 aromatic carbocycles. The lowest BCUT2D eigenvalue weighted by molar-refractivity contribution is 0.209. The van der Waals surface area contributed by atoms with Crippen LogP contribution in [0.3, 0.4) is 0 Å². The summed E-state index contributed by atoms with van der Waals surface area (Å²) in [5, 5.41) is 10.9. The van der Waals surface area contributed by atoms with Crippen molar-refractivity contribution in [1.82, 2.24) is 0 Å². The summed E-state index contributed by atoms with van der Waals surface area (Å²) in [4.78, 5) is 10.5. The van der Waals surface area contributed by atoms with Gasteiger partial charge in [0.05, 0.1) is 23.5 Å². The normalized spacial score (nSPS) is 9.53. The van der Waals surface area contributed by atoms with E-state index in [1.807, 2.05) is 22.6 Å². The first-order chi connectivity index (χ1) is 7.08. The molecule has 0 aliphatic rings. The fourth-order valence-electron chi connectivity index (χ4n) is 1.05. The zero-order valence-electron chi connectivity index (χ0n) is 8.20. The Morgan fingerprint density at radius 3 is 2.53 bits per heavy atom. The Morgan fingerprint density at radius 1 is 1.40 bits per heavy atom. The van der Waals surface area contributed by atoms with Gasteiger partial charge in [-0.05, 0) is 22.6 Å². The van der Waals surface area contributed by atoms with Crippen molar-refractivity contribution < 1.29 is 19.4 Å². The standard InChI is InChI=1S/C9H10INO4/c1-14-5-3-6(11-9(12)13)8(10)7(4-5)15-2/h3-4,11H,1-2H3,(H,12,13). The molecule has 0 spiro atoms. The third-order valence-electron chi connectivity index (χ3n) is 1.71. The van der Waals surface area contributed by atoms with Crippen LogP contribution in [0, 0.1) is 3.57 Å². The van der Waals surface area contributed by atoms with Crippen molar-refractivity contribution in [2.24, 2.45) is 0 Å². The molecule has 15 heavy (non-hydrogen) atoms. The SMILES string of the molecule is COc1cc(NC(=O)O)c(I)c(OC)c1. The van der Waals surface area contributed by atoms with Crippen LogP contribution in [0.2, 0.25) is 0 Å². The smallest absolute Gasteiger partial charge is 0.409 e. The van der Waals surface area contributed by atoms with Gasteiger partial charge in [0, 0.05) is 12.1 Å². The maximum absolute atomic E-state index is 10.5. The lowest BCUT2D eigenvalue weighted by Gasteiger charge is -2.11. The molecule has 0 saturated heterocycles. The highest BCUT2D eigenvalue weighted by atomic mass is 127. The molecular formula is C9H10INO4. The summed E-state index contributed by atoms with van der Waals surface area (Å²) in [6.45, 7) is 0. The molecule has 0 fully saturated rings. The molecule has 82 valence electrons. The van der Waals surface area contributed by atoms with Gasteiger partial charge in [-0.1, -0.05) is 0 Å². The molecule has 1 rings (SSSR count). The quantitative estimate of drug-likeness (QED) is 0.838. The van der Waals surface area contributed by atoms with Crippen LogP contribution in [0.15, 0.2) is 12.1 Å². The number of anilines is 1. The summed E-state index contributed by atoms with van der Waals surface area (Å²) in [5.41, 5.74) is 0.444. The number of halogens is 1. The lowest BCUT2D eigenvalue weighted by atomic mass is 10.3. The van der Waals surface area contributed by atoms with Crippen LogP contribution in [-0.2, 0) is 0 Å². The van der Waals surface area contributed by atoms with Gasteiger partial charge in [0.2, 0.25) is 0 Å². The van der Waals surface area contributed by atoms with E-state index in [4.69, 9.17) is 14.6 Å². The zero-order chi connectivity index (χ0) is 11.4. The molecule has 0 aliphatic heterocycles. The molecule has 0 saturated carbocycles. The number of hydrogen-bond acceptors (Lipinski definition) is 3. The van der Waals surface area contributed by atoms with Crippen molar-refractivity contribution in [2.45, 2.75) is 0 Å². The highest BCUT2D eigenvalue weighted by Crippen LogP contribution is 2.33. The van der Waals surface area contributed by atoms with Gasteiger partial charge in [0.25, 0.3) is 0 Å². The van der Waals surface area contributed by atoms with Gasteiger partial charge >= 0.3 is 6.09 Å². The molecule has 0 atom stereocenters. The molecule has 0 aliphatic carbocycles. The number of methoxy groups -OCH3 is 2. The second kappa shape index (κ2) is 5.06. The summed E-state index contributed by atoms with van der Waals surface area (Å²) in [5.74, 6) is 1.11. The van der Waals surface area contributed by atoms with Gasteiger partial charge in [0.15, 0.2) is 0 Å². The summed E-state index contributed by atoms with van der Waals surface area (Å²) >= 11 is 2.00. The first-order valence-electron chi connectivity index (χ1n) is 4.00. The van der Waals surface area contributed by atoms with Crippen LogP contribution in [0.5, 0.6) is 11.5 Å². The predicted molar refractivity (Wildman–Crippen MR) is 63.9 cm³/mol. The largest absolute Gasteiger partial charge is 0.497 e. The Balaban J connectivity index is 3.17. The van der Waals surface area contributed by atoms with Crippen LogP contribution in [0.4, 0.5) is 10.5 Å². The number of carbonyl (C=O) groups is 1. The van der Waals surface area contributed by atoms with Crippen molar-refractivity contribution in [2.75, 3.05) is 19.5 Å². The van der Waals surface area contributed by atoms with Gasteiger partial charge in [0.1, 0.15) is 11.5 Å². The Labute approximate surface area is 101 Å². The zero-order valence-corrected chi connectivity index (χ0v) is 10.4. The highest BCUT2D eigenvalue weighted by Gasteiger charge is 2.11. The molecular weight excluding hydrogens is 313 g/mol. The van der Waals surface area contributed by atoms with E-state index in [-0.39, 0.29) is 0 Å². The molecule has 1 aromatic rings. The van der Waals surface area contributed by atoms with Crippen LogP contribution in [-0.4, -0.2) is 25.4 Å². The van der Waals surface area contributed by atoms with Crippen molar-refractivity contribution in [3.05, 3.63) is 15.7 Å². The number of ether oxygens (including phenoxy) is 2. The fourth-order valence-corrected chi connectivity index (χ4v) is 1.71. The van der Waals surface area contributed by atoms with Gasteiger partial charge in [-0.15, -0.1) is 0 Å². The molecule has 0 aromatic heterocycles. The molecule has 0 radical (unpaired) electrons. The molecule has 6 heteroatoms. The van der Waals surface area contributed by atoms with Gasteiger partial charge in [-0.2, -0.15) is 0 Å². The van der Waals surface area contributed by atoms with E-state index in [9.17, 15) is 4.79 Å². The minimum atomic E-state index is -1.12. The number of hydrogen-bond donors (Lipinski definition) is 2. The molecule has 0 bridgehead atoms. The van der Waals surface area contributed by atoms with Gasteiger partial charge < -0.3 is 14.6 Å². The molecule has 5 nitrogen and oxygen atoms in total. The summed E-state index contributed by atoms with van der Waals surface area (Å²) in [7, 11) is 3.02. The van der Waals surface area contributed by atoms with Crippen LogP contribution >= 0.6 is 22.6 Å². The monoisotopic (exact) mass is 323 g/mol. The summed E-state index contributed by atoms with van der Waals surface area (Å²) in [6.07, 6.45) is -1.12. The van der Waals surface area contributed by atoms with Crippen LogP contribution in [0.1, 0.15) is 0 Å². The van der Waals surface area contributed by atoms with Crippen molar-refractivity contribution in [3.8, 4) is 11.5 Å². The Morgan fingerprint density at radius 2 is 2.07 bits per heavy atom. The van der Waals surface area contributed by atoms with Gasteiger partial charge in [-0.25, -0.2) is 4.79 Å². The maximum atomic E-state index is 10.5. The van der Waals surface area contributed by atoms with E-state index in [1.54, 1.807) is 12.1 Å². The van der Waals surface area contributed by atoms with Crippen molar-refractivity contribution in [1.29, 1.82) is 0 Å². The van der Waals surface area contributed by atoms with E-state index >= 15 is 0 Å². The Bertz CT molecular complexity index is 381. The average molecular weight is 323 g/mol. The Kier molecular flexibility index (Phi) is 4.01. The van der Waals surface area contributed by atoms with Crippen LogP contribution < -0.4 is 14.8 Å². The van der Waals surface area contributed by atoms with E-state index in [2.05, 4.69) is 5.32 Å². The lowest BCUT2D eigenvalue weighted by Crippen LogP contribution is -2.09. The van der Waals surface area contributed by atoms with Crippen LogP contribution in [0.25, 0.3) is 0 Å². The number of amides is 1. The molecule has 0 unspecified atom stereocenters. The topological polar surface area (TPSA) is 67.8 Å². The maximum Gasteiger partial charge on any atom is 0.409 e. The predicted octanol–water partition coefficient (Wildman–Crippen LogP) is 2.40. The van der Waals surface area contributed by atoms with E-state index in [0.29, 0.717) is 20.8 Å². The molecule has 0 heterocycles. The number of benzene rings is 1. The van der Waals surface area contributed by atoms with Crippen molar-refractivity contribution >= 4 is 34.4 Å². The average Bonchev–Trinajstić information content (AvgIpc) is 2.20. The van der Waals surface area contributed by atoms with Gasteiger partial charge in [-0.3, -0.25) is 5.32 Å². The molecule has 1 amide bonds. The fraction of sp³-hybridized carbons (Fsp3) is 0.222. The minimum Gasteiger partial charge on any atom is -0.497 e. The van der Waals surface area contributed by atoms with E-state index < -0.39 is 6.09 Å². The second-order valence-corrected chi connectivity index (χ2v) is 3.70. The third-order valence-corrected chi connectivity index (χ3v) is 2.82. The second-order valence-electron chi connectivity index (χ2n) is 2.62. The first-order valence-corrected chi connectivity index (χ1v) is 5.07.